The third kappa shape index (κ3) is 6.07. The lowest BCUT2D eigenvalue weighted by atomic mass is 9.92. The predicted molar refractivity (Wildman–Crippen MR) is 258 cm³/mol. The van der Waals surface area contributed by atoms with Crippen LogP contribution < -0.4 is 0 Å². The van der Waals surface area contributed by atoms with E-state index < -0.39 is 0 Å². The van der Waals surface area contributed by atoms with Gasteiger partial charge in [0.15, 0.2) is 5.82 Å². The molecule has 3 aromatic heterocycles. The summed E-state index contributed by atoms with van der Waals surface area (Å²) in [7, 11) is 0. The van der Waals surface area contributed by atoms with Crippen molar-refractivity contribution < 1.29 is 0 Å². The first-order valence-corrected chi connectivity index (χ1v) is 21.4. The van der Waals surface area contributed by atoms with Crippen molar-refractivity contribution in [2.45, 2.75) is 0 Å². The zero-order valence-electron chi connectivity index (χ0n) is 33.0. The number of pyridine rings is 1. The molecule has 0 aliphatic heterocycles. The Balaban J connectivity index is 1.02. The quantitative estimate of drug-likeness (QED) is 0.157. The van der Waals surface area contributed by atoms with Gasteiger partial charge in [-0.25, -0.2) is 15.0 Å². The summed E-state index contributed by atoms with van der Waals surface area (Å²) in [4.78, 5) is 15.7. The molecule has 61 heavy (non-hydrogen) atoms. The van der Waals surface area contributed by atoms with Crippen LogP contribution in [0.25, 0.3) is 120 Å². The van der Waals surface area contributed by atoms with Crippen molar-refractivity contribution in [1.29, 1.82) is 0 Å². The van der Waals surface area contributed by atoms with Gasteiger partial charge in [0.05, 0.1) is 22.6 Å². The molecule has 0 N–H and O–H groups in total. The zero-order valence-corrected chi connectivity index (χ0v) is 33.8. The van der Waals surface area contributed by atoms with Crippen LogP contribution in [0.15, 0.2) is 212 Å². The normalized spacial score (nSPS) is 11.6. The van der Waals surface area contributed by atoms with Crippen LogP contribution in [-0.2, 0) is 0 Å². The van der Waals surface area contributed by atoms with Crippen LogP contribution >= 0.6 is 11.3 Å². The van der Waals surface area contributed by atoms with Crippen LogP contribution in [0.5, 0.6) is 0 Å². The molecule has 0 radical (unpaired) electrons. The maximum atomic E-state index is 5.62. The molecule has 4 heteroatoms. The summed E-state index contributed by atoms with van der Waals surface area (Å²) in [5.41, 5.74) is 12.5. The minimum Gasteiger partial charge on any atom is -0.246 e. The Morgan fingerprint density at radius 3 is 1.69 bits per heavy atom. The molecule has 12 rings (SSSR count). The van der Waals surface area contributed by atoms with E-state index in [9.17, 15) is 0 Å². The minimum atomic E-state index is 0.701. The molecular weight excluding hydrogens is 759 g/mol. The van der Waals surface area contributed by atoms with Crippen molar-refractivity contribution in [2.24, 2.45) is 0 Å². The van der Waals surface area contributed by atoms with Gasteiger partial charge < -0.3 is 0 Å². The van der Waals surface area contributed by atoms with Crippen molar-refractivity contribution in [3.63, 3.8) is 0 Å². The van der Waals surface area contributed by atoms with Gasteiger partial charge in [-0.1, -0.05) is 194 Å². The highest BCUT2D eigenvalue weighted by Gasteiger charge is 2.18. The SMILES string of the molecule is c1ccc(-c2cc(-c3ccc(-c4nc5c(-c6cccc(-c7cccc8c7sc7ccccc78)c6)cccc5c5c4ccc4ccccc45)cc3)nc(-c3ccccc3)n2)cc1. The molecule has 3 nitrogen and oxygen atoms in total. The Hall–Kier alpha value is -7.79. The minimum absolute atomic E-state index is 0.701. The molecule has 0 amide bonds. The fourth-order valence-electron chi connectivity index (χ4n) is 8.95. The fourth-order valence-corrected chi connectivity index (χ4v) is 10.2. The number of hydrogen-bond acceptors (Lipinski definition) is 4. The highest BCUT2D eigenvalue weighted by Crippen LogP contribution is 2.43. The molecule has 0 saturated carbocycles. The van der Waals surface area contributed by atoms with E-state index in [1.165, 1.54) is 47.5 Å². The van der Waals surface area contributed by atoms with Gasteiger partial charge in [-0.15, -0.1) is 11.3 Å². The Morgan fingerprint density at radius 2 is 0.902 bits per heavy atom. The lowest BCUT2D eigenvalue weighted by molar-refractivity contribution is 1.18. The van der Waals surface area contributed by atoms with Crippen molar-refractivity contribution in [3.8, 4) is 67.4 Å². The molecule has 0 atom stereocenters. The molecule has 0 unspecified atom stereocenters. The molecule has 0 aliphatic rings. The molecule has 12 aromatic rings. The van der Waals surface area contributed by atoms with Crippen molar-refractivity contribution in [1.82, 2.24) is 15.0 Å². The van der Waals surface area contributed by atoms with Gasteiger partial charge in [0.25, 0.3) is 0 Å². The van der Waals surface area contributed by atoms with Crippen molar-refractivity contribution in [2.75, 3.05) is 0 Å². The van der Waals surface area contributed by atoms with E-state index in [0.29, 0.717) is 5.82 Å². The lowest BCUT2D eigenvalue weighted by Crippen LogP contribution is -1.96. The smallest absolute Gasteiger partial charge is 0.160 e. The molecule has 0 aliphatic carbocycles. The molecule has 0 fully saturated rings. The first kappa shape index (κ1) is 35.2. The van der Waals surface area contributed by atoms with Gasteiger partial charge in [-0.3, -0.25) is 0 Å². The van der Waals surface area contributed by atoms with E-state index in [1.54, 1.807) is 0 Å². The number of aromatic nitrogens is 3. The summed E-state index contributed by atoms with van der Waals surface area (Å²) in [5.74, 6) is 0.701. The Morgan fingerprint density at radius 1 is 0.328 bits per heavy atom. The molecule has 0 bridgehead atoms. The molecular formula is C57H35N3S. The van der Waals surface area contributed by atoms with Gasteiger partial charge in [-0.05, 0) is 45.7 Å². The Kier molecular flexibility index (Phi) is 8.36. The van der Waals surface area contributed by atoms with E-state index in [-0.39, 0.29) is 0 Å². The number of hydrogen-bond donors (Lipinski definition) is 0. The van der Waals surface area contributed by atoms with Crippen LogP contribution in [0.2, 0.25) is 0 Å². The average Bonchev–Trinajstić information content (AvgIpc) is 3.73. The first-order chi connectivity index (χ1) is 30.2. The number of thiophene rings is 1. The molecule has 0 spiro atoms. The summed E-state index contributed by atoms with van der Waals surface area (Å²) in [5, 5.41) is 8.52. The third-order valence-corrected chi connectivity index (χ3v) is 13.1. The van der Waals surface area contributed by atoms with Crippen LogP contribution in [-0.4, -0.2) is 15.0 Å². The van der Waals surface area contributed by atoms with E-state index in [2.05, 4.69) is 176 Å². The van der Waals surface area contributed by atoms with Gasteiger partial charge in [-0.2, -0.15) is 0 Å². The van der Waals surface area contributed by atoms with Crippen LogP contribution in [0.1, 0.15) is 0 Å². The number of nitrogens with zero attached hydrogens (tertiary/aromatic N) is 3. The maximum absolute atomic E-state index is 5.62. The van der Waals surface area contributed by atoms with Crippen LogP contribution in [0.4, 0.5) is 0 Å². The second-order valence-corrected chi connectivity index (χ2v) is 16.6. The summed E-state index contributed by atoms with van der Waals surface area (Å²) in [6.07, 6.45) is 0. The second kappa shape index (κ2) is 14.5. The second-order valence-electron chi connectivity index (χ2n) is 15.5. The standard InChI is InChI=1S/C57H35N3S/c1-3-15-37(16-4-1)50-35-51(59-57(58-50)40-17-5-2-6-18-40)38-28-30-39(31-29-38)54-49-33-32-36-14-7-8-21-43(36)53(49)48-26-12-23-44(55(48)60-54)41-19-11-20-42(34-41)45-24-13-25-47-46-22-9-10-27-52(46)61-56(45)47/h1-35H. The van der Waals surface area contributed by atoms with Gasteiger partial charge in [0.2, 0.25) is 0 Å². The van der Waals surface area contributed by atoms with Crippen molar-refractivity contribution >= 4 is 64.0 Å². The number of benzene rings is 9. The van der Waals surface area contributed by atoms with Gasteiger partial charge in [0.1, 0.15) is 0 Å². The highest BCUT2D eigenvalue weighted by molar-refractivity contribution is 7.26. The van der Waals surface area contributed by atoms with Gasteiger partial charge >= 0.3 is 0 Å². The lowest BCUT2D eigenvalue weighted by Gasteiger charge is -2.16. The fraction of sp³-hybridized carbons (Fsp3) is 0. The summed E-state index contributed by atoms with van der Waals surface area (Å²) in [6, 6.07) is 75.5. The van der Waals surface area contributed by atoms with Crippen LogP contribution in [0, 0.1) is 0 Å². The highest BCUT2D eigenvalue weighted by atomic mass is 32.1. The van der Waals surface area contributed by atoms with Crippen LogP contribution in [0.3, 0.4) is 0 Å². The number of rotatable bonds is 6. The third-order valence-electron chi connectivity index (χ3n) is 11.9. The number of para-hydroxylation sites is 1. The average molecular weight is 794 g/mol. The molecule has 0 saturated heterocycles. The summed E-state index contributed by atoms with van der Waals surface area (Å²) < 4.78 is 2.62. The van der Waals surface area contributed by atoms with Crippen molar-refractivity contribution in [3.05, 3.63) is 212 Å². The van der Waals surface area contributed by atoms with E-state index in [0.717, 1.165) is 66.8 Å². The predicted octanol–water partition coefficient (Wildman–Crippen LogP) is 15.7. The molecule has 284 valence electrons. The zero-order chi connectivity index (χ0) is 40.3. The number of fused-ring (bicyclic) bond motifs is 8. The van der Waals surface area contributed by atoms with E-state index >= 15 is 0 Å². The maximum Gasteiger partial charge on any atom is 0.160 e. The summed E-state index contributed by atoms with van der Waals surface area (Å²) in [6.45, 7) is 0. The Labute approximate surface area is 356 Å². The first-order valence-electron chi connectivity index (χ1n) is 20.6. The monoisotopic (exact) mass is 793 g/mol. The van der Waals surface area contributed by atoms with E-state index in [4.69, 9.17) is 15.0 Å². The van der Waals surface area contributed by atoms with E-state index in [1.807, 2.05) is 47.7 Å². The molecule has 9 aromatic carbocycles. The Bertz CT molecular complexity index is 3570. The topological polar surface area (TPSA) is 38.7 Å². The summed E-state index contributed by atoms with van der Waals surface area (Å²) >= 11 is 1.87. The molecule has 3 heterocycles. The van der Waals surface area contributed by atoms with Gasteiger partial charge in [0, 0.05) is 64.1 Å². The largest absolute Gasteiger partial charge is 0.246 e.